The van der Waals surface area contributed by atoms with Gasteiger partial charge in [-0.25, -0.2) is 14.4 Å². The third-order valence-electron chi connectivity index (χ3n) is 6.82. The van der Waals surface area contributed by atoms with E-state index in [1.54, 1.807) is 42.6 Å². The van der Waals surface area contributed by atoms with Crippen molar-refractivity contribution in [2.24, 2.45) is 0 Å². The Balaban J connectivity index is 1.37. The molecule has 0 bridgehead atoms. The fourth-order valence-corrected chi connectivity index (χ4v) is 4.58. The van der Waals surface area contributed by atoms with E-state index in [0.29, 0.717) is 51.7 Å². The Hall–Kier alpha value is -4.41. The van der Waals surface area contributed by atoms with Crippen LogP contribution in [0.25, 0.3) is 22.2 Å². The lowest BCUT2D eigenvalue weighted by Gasteiger charge is -2.32. The van der Waals surface area contributed by atoms with E-state index in [2.05, 4.69) is 49.0 Å². The third-order valence-corrected chi connectivity index (χ3v) is 6.82. The number of halogens is 1. The number of hydrogen-bond acceptors (Lipinski definition) is 8. The zero-order valence-corrected chi connectivity index (χ0v) is 22.4. The van der Waals surface area contributed by atoms with E-state index in [0.717, 1.165) is 39.1 Å². The number of nitrogens with one attached hydrogen (secondary N) is 2. The third kappa shape index (κ3) is 6.59. The fourth-order valence-electron chi connectivity index (χ4n) is 4.58. The summed E-state index contributed by atoms with van der Waals surface area (Å²) in [4.78, 5) is 30.1. The van der Waals surface area contributed by atoms with Gasteiger partial charge < -0.3 is 25.2 Å². The molecule has 2 aromatic heterocycles. The minimum atomic E-state index is -0.374. The summed E-state index contributed by atoms with van der Waals surface area (Å²) in [6.07, 6.45) is 5.14. The number of rotatable bonds is 10. The van der Waals surface area contributed by atoms with Gasteiger partial charge in [0.1, 0.15) is 23.7 Å². The molecule has 2 N–H and O–H groups in total. The molecule has 40 heavy (non-hydrogen) atoms. The molecular formula is C30H32FN7O2. The average molecular weight is 542 g/mol. The molecule has 1 aliphatic rings. The molecule has 1 amide bonds. The predicted molar refractivity (Wildman–Crippen MR) is 155 cm³/mol. The summed E-state index contributed by atoms with van der Waals surface area (Å²) in [6, 6.07) is 13.6. The Kier molecular flexibility index (Phi) is 8.58. The molecule has 9 nitrogen and oxygen atoms in total. The standard InChI is InChI=1S/C30H32FN7O2/c1-3-29(39)36-27-18-23-26(19-28(27)40-16-6-11-38-14-12-37(2)13-15-38)33-20-34-30(23)35-21-8-9-24(31)22(17-21)25-7-4-5-10-32-25/h3-5,7-10,17-20H,1,6,11-16H2,2H3,(H,36,39)(H,33,34,35). The van der Waals surface area contributed by atoms with E-state index in [9.17, 15) is 9.18 Å². The lowest BCUT2D eigenvalue weighted by Crippen LogP contribution is -2.44. The number of benzene rings is 2. The average Bonchev–Trinajstić information content (AvgIpc) is 2.98. The second-order valence-electron chi connectivity index (χ2n) is 9.66. The van der Waals surface area contributed by atoms with Crippen LogP contribution in [0.3, 0.4) is 0 Å². The maximum absolute atomic E-state index is 14.6. The van der Waals surface area contributed by atoms with Gasteiger partial charge in [-0.15, -0.1) is 0 Å². The number of pyridine rings is 1. The summed E-state index contributed by atoms with van der Waals surface area (Å²) in [5.74, 6) is 0.288. The molecule has 10 heteroatoms. The second kappa shape index (κ2) is 12.6. The molecule has 0 aliphatic carbocycles. The lowest BCUT2D eigenvalue weighted by atomic mass is 10.1. The van der Waals surface area contributed by atoms with Crippen LogP contribution in [-0.2, 0) is 4.79 Å². The SMILES string of the molecule is C=CC(=O)Nc1cc2c(Nc3ccc(F)c(-c4ccccn4)c3)ncnc2cc1OCCCN1CCN(C)CC1. The number of ether oxygens (including phenoxy) is 1. The van der Waals surface area contributed by atoms with Gasteiger partial charge in [0.2, 0.25) is 5.91 Å². The minimum absolute atomic E-state index is 0.355. The summed E-state index contributed by atoms with van der Waals surface area (Å²) < 4.78 is 20.7. The topological polar surface area (TPSA) is 95.5 Å². The van der Waals surface area contributed by atoms with E-state index in [4.69, 9.17) is 4.74 Å². The van der Waals surface area contributed by atoms with Crippen molar-refractivity contribution in [3.05, 3.63) is 79.5 Å². The fraction of sp³-hybridized carbons (Fsp3) is 0.267. The maximum Gasteiger partial charge on any atom is 0.247 e. The van der Waals surface area contributed by atoms with E-state index < -0.39 is 0 Å². The lowest BCUT2D eigenvalue weighted by molar-refractivity contribution is -0.111. The van der Waals surface area contributed by atoms with Crippen LogP contribution in [-0.4, -0.2) is 77.0 Å². The number of fused-ring (bicyclic) bond motifs is 1. The Morgan fingerprint density at radius 1 is 1.10 bits per heavy atom. The summed E-state index contributed by atoms with van der Waals surface area (Å²) in [6.45, 7) is 9.25. The number of likely N-dealkylation sites (N-methyl/N-ethyl adjacent to an activating group) is 1. The van der Waals surface area contributed by atoms with Crippen molar-refractivity contribution >= 4 is 34.0 Å². The van der Waals surface area contributed by atoms with Crippen molar-refractivity contribution < 1.29 is 13.9 Å². The van der Waals surface area contributed by atoms with Crippen LogP contribution in [0.15, 0.2) is 73.7 Å². The highest BCUT2D eigenvalue weighted by Gasteiger charge is 2.16. The Bertz CT molecular complexity index is 1490. The van der Waals surface area contributed by atoms with Crippen LogP contribution in [0.4, 0.5) is 21.6 Å². The van der Waals surface area contributed by atoms with Gasteiger partial charge in [0.05, 0.1) is 23.5 Å². The molecule has 1 fully saturated rings. The van der Waals surface area contributed by atoms with E-state index >= 15 is 0 Å². The van der Waals surface area contributed by atoms with Gasteiger partial charge in [-0.2, -0.15) is 0 Å². The number of anilines is 3. The van der Waals surface area contributed by atoms with Gasteiger partial charge in [0.25, 0.3) is 0 Å². The summed E-state index contributed by atoms with van der Waals surface area (Å²) in [5, 5.41) is 6.76. The van der Waals surface area contributed by atoms with Crippen molar-refractivity contribution in [2.75, 3.05) is 57.0 Å². The first-order valence-corrected chi connectivity index (χ1v) is 13.2. The largest absolute Gasteiger partial charge is 0.491 e. The minimum Gasteiger partial charge on any atom is -0.491 e. The van der Waals surface area contributed by atoms with Gasteiger partial charge in [-0.05, 0) is 55.9 Å². The molecular weight excluding hydrogens is 509 g/mol. The number of carbonyl (C=O) groups is 1. The number of nitrogens with zero attached hydrogens (tertiary/aromatic N) is 5. The number of amides is 1. The molecule has 0 spiro atoms. The maximum atomic E-state index is 14.6. The van der Waals surface area contributed by atoms with E-state index in [1.165, 1.54) is 18.5 Å². The Labute approximate surface area is 232 Å². The van der Waals surface area contributed by atoms with Gasteiger partial charge in [-0.3, -0.25) is 9.78 Å². The molecule has 1 saturated heterocycles. The van der Waals surface area contributed by atoms with Crippen molar-refractivity contribution in [1.82, 2.24) is 24.8 Å². The summed E-state index contributed by atoms with van der Waals surface area (Å²) in [7, 11) is 2.14. The van der Waals surface area contributed by atoms with Gasteiger partial charge in [0, 0.05) is 61.6 Å². The molecule has 0 saturated carbocycles. The summed E-state index contributed by atoms with van der Waals surface area (Å²) >= 11 is 0. The molecule has 0 atom stereocenters. The first-order valence-electron chi connectivity index (χ1n) is 13.2. The zero-order valence-electron chi connectivity index (χ0n) is 22.4. The highest BCUT2D eigenvalue weighted by molar-refractivity contribution is 6.03. The smallest absolute Gasteiger partial charge is 0.247 e. The molecule has 1 aliphatic heterocycles. The van der Waals surface area contributed by atoms with Gasteiger partial charge in [0.15, 0.2) is 0 Å². The molecule has 3 heterocycles. The predicted octanol–water partition coefficient (Wildman–Crippen LogP) is 4.72. The van der Waals surface area contributed by atoms with Crippen LogP contribution >= 0.6 is 0 Å². The van der Waals surface area contributed by atoms with Crippen LogP contribution in [0.2, 0.25) is 0 Å². The number of aromatic nitrogens is 3. The first kappa shape index (κ1) is 27.2. The highest BCUT2D eigenvalue weighted by Crippen LogP contribution is 2.34. The highest BCUT2D eigenvalue weighted by atomic mass is 19.1. The quantitative estimate of drug-likeness (QED) is 0.220. The second-order valence-corrected chi connectivity index (χ2v) is 9.66. The van der Waals surface area contributed by atoms with Crippen LogP contribution in [0, 0.1) is 5.82 Å². The van der Waals surface area contributed by atoms with Crippen molar-refractivity contribution in [3.63, 3.8) is 0 Å². The molecule has 2 aromatic carbocycles. The van der Waals surface area contributed by atoms with Crippen molar-refractivity contribution in [1.29, 1.82) is 0 Å². The Morgan fingerprint density at radius 2 is 1.95 bits per heavy atom. The van der Waals surface area contributed by atoms with Crippen LogP contribution in [0.5, 0.6) is 5.75 Å². The van der Waals surface area contributed by atoms with Crippen LogP contribution < -0.4 is 15.4 Å². The number of piperazine rings is 1. The number of hydrogen-bond donors (Lipinski definition) is 2. The normalized spacial score (nSPS) is 14.2. The van der Waals surface area contributed by atoms with Crippen molar-refractivity contribution in [2.45, 2.75) is 6.42 Å². The first-order chi connectivity index (χ1) is 19.5. The van der Waals surface area contributed by atoms with Gasteiger partial charge in [-0.1, -0.05) is 12.6 Å². The molecule has 4 aromatic rings. The monoisotopic (exact) mass is 541 g/mol. The molecule has 0 unspecified atom stereocenters. The summed E-state index contributed by atoms with van der Waals surface area (Å²) in [5.41, 5.74) is 2.65. The molecule has 5 rings (SSSR count). The van der Waals surface area contributed by atoms with Crippen molar-refractivity contribution in [3.8, 4) is 17.0 Å². The Morgan fingerprint density at radius 3 is 2.73 bits per heavy atom. The number of carbonyl (C=O) groups excluding carboxylic acids is 1. The van der Waals surface area contributed by atoms with E-state index in [1.807, 2.05) is 6.07 Å². The molecule has 0 radical (unpaired) electrons. The molecule has 206 valence electrons. The van der Waals surface area contributed by atoms with Crippen LogP contribution in [0.1, 0.15) is 6.42 Å². The van der Waals surface area contributed by atoms with Gasteiger partial charge >= 0.3 is 0 Å². The zero-order chi connectivity index (χ0) is 27.9. The van der Waals surface area contributed by atoms with E-state index in [-0.39, 0.29) is 11.7 Å².